The Kier molecular flexibility index (Phi) is 8.37. The fourth-order valence-electron chi connectivity index (χ4n) is 4.38. The van der Waals surface area contributed by atoms with Gasteiger partial charge in [0.15, 0.2) is 5.96 Å². The van der Waals surface area contributed by atoms with Gasteiger partial charge in [0, 0.05) is 32.2 Å². The molecule has 2 aliphatic heterocycles. The zero-order valence-electron chi connectivity index (χ0n) is 18.5. The van der Waals surface area contributed by atoms with Gasteiger partial charge in [-0.25, -0.2) is 9.79 Å². The normalized spacial score (nSPS) is 21.5. The number of hydrogen-bond acceptors (Lipinski definition) is 4. The fourth-order valence-corrected chi connectivity index (χ4v) is 4.38. The van der Waals surface area contributed by atoms with Crippen molar-refractivity contribution in [2.45, 2.75) is 58.7 Å². The van der Waals surface area contributed by atoms with Gasteiger partial charge in [-0.15, -0.1) is 0 Å². The lowest BCUT2D eigenvalue weighted by Crippen LogP contribution is -2.48. The minimum atomic E-state index is -0.225. The van der Waals surface area contributed by atoms with E-state index in [-0.39, 0.29) is 12.1 Å². The zero-order chi connectivity index (χ0) is 21.3. The molecule has 0 aromatic heterocycles. The maximum atomic E-state index is 11.8. The molecule has 0 bridgehead atoms. The number of nitrogens with zero attached hydrogens (tertiary/aromatic N) is 3. The topological polar surface area (TPSA) is 83.2 Å². The van der Waals surface area contributed by atoms with E-state index in [9.17, 15) is 4.79 Å². The summed E-state index contributed by atoms with van der Waals surface area (Å²) in [6, 6.07) is 8.77. The number of likely N-dealkylation sites (tertiary alicyclic amines) is 2. The van der Waals surface area contributed by atoms with Crippen LogP contribution in [-0.4, -0.2) is 60.7 Å². The lowest BCUT2D eigenvalue weighted by atomic mass is 9.99. The first-order valence-corrected chi connectivity index (χ1v) is 11.3. The first kappa shape index (κ1) is 22.4. The number of rotatable bonds is 6. The van der Waals surface area contributed by atoms with Crippen molar-refractivity contribution < 1.29 is 9.53 Å². The third-order valence-electron chi connectivity index (χ3n) is 6.05. The summed E-state index contributed by atoms with van der Waals surface area (Å²) in [5, 5.41) is 3.33. The van der Waals surface area contributed by atoms with E-state index >= 15 is 0 Å². The Balaban J connectivity index is 1.49. The molecule has 2 fully saturated rings. The van der Waals surface area contributed by atoms with Gasteiger partial charge in [-0.3, -0.25) is 4.90 Å². The SMILES string of the molecule is CCOC(=O)N1CCC(NC(N)=NCc2ccccc2CN2CCCC(C)C2)CC1. The summed E-state index contributed by atoms with van der Waals surface area (Å²) in [6.45, 7) is 9.86. The van der Waals surface area contributed by atoms with Crippen molar-refractivity contribution in [3.8, 4) is 0 Å². The Morgan fingerprint density at radius 1 is 1.20 bits per heavy atom. The Morgan fingerprint density at radius 3 is 2.63 bits per heavy atom. The van der Waals surface area contributed by atoms with Crippen LogP contribution in [-0.2, 0) is 17.8 Å². The summed E-state index contributed by atoms with van der Waals surface area (Å²) in [6.07, 6.45) is 4.09. The smallest absolute Gasteiger partial charge is 0.409 e. The van der Waals surface area contributed by atoms with Gasteiger partial charge < -0.3 is 20.7 Å². The maximum Gasteiger partial charge on any atom is 0.409 e. The van der Waals surface area contributed by atoms with Crippen LogP contribution in [0.15, 0.2) is 29.3 Å². The molecule has 0 spiro atoms. The molecule has 1 atom stereocenters. The van der Waals surface area contributed by atoms with Gasteiger partial charge in [0.1, 0.15) is 0 Å². The van der Waals surface area contributed by atoms with Crippen LogP contribution in [0.25, 0.3) is 0 Å². The Hall–Kier alpha value is -2.28. The Bertz CT molecular complexity index is 715. The van der Waals surface area contributed by atoms with Crippen LogP contribution in [0.4, 0.5) is 4.79 Å². The molecule has 0 aliphatic carbocycles. The van der Waals surface area contributed by atoms with E-state index in [0.717, 1.165) is 25.3 Å². The van der Waals surface area contributed by atoms with Gasteiger partial charge in [-0.05, 0) is 56.2 Å². The highest BCUT2D eigenvalue weighted by Gasteiger charge is 2.23. The molecule has 166 valence electrons. The summed E-state index contributed by atoms with van der Waals surface area (Å²) in [4.78, 5) is 20.7. The number of nitrogens with two attached hydrogens (primary N) is 1. The van der Waals surface area contributed by atoms with Gasteiger partial charge in [-0.1, -0.05) is 31.2 Å². The van der Waals surface area contributed by atoms with E-state index in [0.29, 0.717) is 32.2 Å². The molecular weight excluding hydrogens is 378 g/mol. The largest absolute Gasteiger partial charge is 0.450 e. The van der Waals surface area contributed by atoms with Crippen LogP contribution >= 0.6 is 0 Å². The molecule has 30 heavy (non-hydrogen) atoms. The predicted octanol–water partition coefficient (Wildman–Crippen LogP) is 2.94. The van der Waals surface area contributed by atoms with E-state index in [1.54, 1.807) is 4.90 Å². The molecule has 2 heterocycles. The second-order valence-electron chi connectivity index (χ2n) is 8.56. The second-order valence-corrected chi connectivity index (χ2v) is 8.56. The summed E-state index contributed by atoms with van der Waals surface area (Å²) >= 11 is 0. The second kappa shape index (κ2) is 11.2. The van der Waals surface area contributed by atoms with Crippen LogP contribution in [0.1, 0.15) is 50.7 Å². The quantitative estimate of drug-likeness (QED) is 0.551. The number of aliphatic imine (C=N–C) groups is 1. The number of carbonyl (C=O) groups is 1. The van der Waals surface area contributed by atoms with Crippen LogP contribution in [0, 0.1) is 5.92 Å². The highest BCUT2D eigenvalue weighted by atomic mass is 16.6. The Morgan fingerprint density at radius 2 is 1.93 bits per heavy atom. The molecule has 3 rings (SSSR count). The first-order valence-electron chi connectivity index (χ1n) is 11.3. The average molecular weight is 416 g/mol. The number of amides is 1. The van der Waals surface area contributed by atoms with Crippen molar-refractivity contribution >= 4 is 12.1 Å². The predicted molar refractivity (Wildman–Crippen MR) is 120 cm³/mol. The summed E-state index contributed by atoms with van der Waals surface area (Å²) < 4.78 is 5.07. The molecule has 2 saturated heterocycles. The standard InChI is InChI=1S/C23H37N5O2/c1-3-30-23(29)28-13-10-21(11-14-28)26-22(24)25-15-19-8-4-5-9-20(19)17-27-12-6-7-18(2)16-27/h4-5,8-9,18,21H,3,6-7,10-17H2,1-2H3,(H3,24,25,26). The van der Waals surface area contributed by atoms with E-state index in [2.05, 4.69) is 46.4 Å². The number of hydrogen-bond donors (Lipinski definition) is 2. The fraction of sp³-hybridized carbons (Fsp3) is 0.652. The number of benzene rings is 1. The van der Waals surface area contributed by atoms with Crippen molar-refractivity contribution in [2.75, 3.05) is 32.8 Å². The van der Waals surface area contributed by atoms with E-state index in [1.165, 1.54) is 37.1 Å². The molecule has 0 saturated carbocycles. The van der Waals surface area contributed by atoms with Gasteiger partial charge >= 0.3 is 6.09 Å². The molecule has 7 nitrogen and oxygen atoms in total. The number of piperidine rings is 2. The molecule has 0 radical (unpaired) electrons. The lowest BCUT2D eigenvalue weighted by Gasteiger charge is -2.32. The third kappa shape index (κ3) is 6.62. The van der Waals surface area contributed by atoms with E-state index in [1.807, 2.05) is 6.92 Å². The van der Waals surface area contributed by atoms with Crippen molar-refractivity contribution in [3.63, 3.8) is 0 Å². The van der Waals surface area contributed by atoms with Gasteiger partial charge in [0.05, 0.1) is 13.2 Å². The molecule has 1 amide bonds. The zero-order valence-corrected chi connectivity index (χ0v) is 18.5. The van der Waals surface area contributed by atoms with Gasteiger partial charge in [0.2, 0.25) is 0 Å². The molecule has 2 aliphatic rings. The minimum absolute atomic E-state index is 0.225. The van der Waals surface area contributed by atoms with Crippen molar-refractivity contribution in [1.29, 1.82) is 0 Å². The third-order valence-corrected chi connectivity index (χ3v) is 6.05. The molecule has 1 aromatic rings. The molecule has 1 unspecified atom stereocenters. The molecule has 1 aromatic carbocycles. The monoisotopic (exact) mass is 415 g/mol. The highest BCUT2D eigenvalue weighted by Crippen LogP contribution is 2.20. The maximum absolute atomic E-state index is 11.8. The summed E-state index contributed by atoms with van der Waals surface area (Å²) in [5.41, 5.74) is 8.74. The van der Waals surface area contributed by atoms with Crippen LogP contribution in [0.2, 0.25) is 0 Å². The Labute approximate surface area is 180 Å². The van der Waals surface area contributed by atoms with Crippen LogP contribution in [0.3, 0.4) is 0 Å². The van der Waals surface area contributed by atoms with E-state index < -0.39 is 0 Å². The number of nitrogens with one attached hydrogen (secondary N) is 1. The molecule has 7 heteroatoms. The van der Waals surface area contributed by atoms with Gasteiger partial charge in [-0.2, -0.15) is 0 Å². The van der Waals surface area contributed by atoms with Gasteiger partial charge in [0.25, 0.3) is 0 Å². The van der Waals surface area contributed by atoms with Crippen LogP contribution < -0.4 is 11.1 Å². The van der Waals surface area contributed by atoms with Crippen molar-refractivity contribution in [3.05, 3.63) is 35.4 Å². The summed E-state index contributed by atoms with van der Waals surface area (Å²) in [7, 11) is 0. The number of carbonyl (C=O) groups excluding carboxylic acids is 1. The first-order chi connectivity index (χ1) is 14.5. The highest BCUT2D eigenvalue weighted by molar-refractivity contribution is 5.78. The van der Waals surface area contributed by atoms with Crippen LogP contribution in [0.5, 0.6) is 0 Å². The number of guanidine groups is 1. The minimum Gasteiger partial charge on any atom is -0.450 e. The molecular formula is C23H37N5O2. The summed E-state index contributed by atoms with van der Waals surface area (Å²) in [5.74, 6) is 1.25. The van der Waals surface area contributed by atoms with Crippen molar-refractivity contribution in [1.82, 2.24) is 15.1 Å². The van der Waals surface area contributed by atoms with E-state index in [4.69, 9.17) is 10.5 Å². The lowest BCUT2D eigenvalue weighted by molar-refractivity contribution is 0.0963. The number of ether oxygens (including phenoxy) is 1. The molecule has 3 N–H and O–H groups in total. The average Bonchev–Trinajstić information content (AvgIpc) is 2.74. The van der Waals surface area contributed by atoms with Crippen molar-refractivity contribution in [2.24, 2.45) is 16.6 Å².